The highest BCUT2D eigenvalue weighted by atomic mass is 16.5. The maximum absolute atomic E-state index is 12.6. The molecule has 0 spiro atoms. The lowest BCUT2D eigenvalue weighted by atomic mass is 10.0. The molecule has 9 nitrogen and oxygen atoms in total. The predicted octanol–water partition coefficient (Wildman–Crippen LogP) is 0.858. The number of nitrogens with zero attached hydrogens (tertiary/aromatic N) is 4. The van der Waals surface area contributed by atoms with Gasteiger partial charge in [0.2, 0.25) is 5.89 Å². The molecular weight excluding hydrogens is 326 g/mol. The van der Waals surface area contributed by atoms with Crippen LogP contribution >= 0.6 is 0 Å². The number of methoxy groups -OCH3 is 1. The summed E-state index contributed by atoms with van der Waals surface area (Å²) in [5.41, 5.74) is -0.349. The van der Waals surface area contributed by atoms with Crippen molar-refractivity contribution in [3.8, 4) is 0 Å². The summed E-state index contributed by atoms with van der Waals surface area (Å²) < 4.78 is 15.5. The maximum atomic E-state index is 12.6. The van der Waals surface area contributed by atoms with Crippen LogP contribution in [0.4, 0.5) is 4.79 Å². The van der Waals surface area contributed by atoms with E-state index in [1.807, 2.05) is 20.8 Å². The Kier molecular flexibility index (Phi) is 7.15. The van der Waals surface area contributed by atoms with Gasteiger partial charge in [-0.05, 0) is 20.8 Å². The van der Waals surface area contributed by atoms with E-state index in [1.165, 1.54) is 0 Å². The molecule has 1 aromatic heterocycles. The Morgan fingerprint density at radius 2 is 2.12 bits per heavy atom. The highest BCUT2D eigenvalue weighted by Gasteiger charge is 2.27. The van der Waals surface area contributed by atoms with Crippen molar-refractivity contribution in [3.63, 3.8) is 0 Å². The summed E-state index contributed by atoms with van der Waals surface area (Å²) in [5, 5.41) is 6.91. The van der Waals surface area contributed by atoms with Gasteiger partial charge in [0.1, 0.15) is 13.2 Å². The number of amides is 2. The molecule has 2 heterocycles. The minimum atomic E-state index is -0.349. The zero-order valence-electron chi connectivity index (χ0n) is 15.6. The highest BCUT2D eigenvalue weighted by Crippen LogP contribution is 2.10. The third kappa shape index (κ3) is 6.26. The molecule has 25 heavy (non-hydrogen) atoms. The summed E-state index contributed by atoms with van der Waals surface area (Å²) in [6, 6.07) is -0.146. The Morgan fingerprint density at radius 3 is 2.76 bits per heavy atom. The Hall–Kier alpha value is -1.71. The molecule has 1 aliphatic heterocycles. The van der Waals surface area contributed by atoms with Crippen molar-refractivity contribution in [2.75, 3.05) is 46.5 Å². The lowest BCUT2D eigenvalue weighted by Gasteiger charge is -2.36. The fraction of sp³-hybridized carbons (Fsp3) is 0.812. The van der Waals surface area contributed by atoms with Crippen molar-refractivity contribution in [3.05, 3.63) is 11.7 Å². The van der Waals surface area contributed by atoms with Crippen molar-refractivity contribution in [2.24, 2.45) is 0 Å². The van der Waals surface area contributed by atoms with Gasteiger partial charge in [0.25, 0.3) is 0 Å². The fourth-order valence-electron chi connectivity index (χ4n) is 2.76. The molecule has 0 saturated carbocycles. The second-order valence-corrected chi connectivity index (χ2v) is 6.75. The van der Waals surface area contributed by atoms with Gasteiger partial charge in [-0.2, -0.15) is 4.98 Å². The second kappa shape index (κ2) is 9.12. The number of hydrogen-bond donors (Lipinski definition) is 1. The molecule has 0 radical (unpaired) electrons. The first-order chi connectivity index (χ1) is 11.9. The number of morpholine rings is 1. The zero-order valence-corrected chi connectivity index (χ0v) is 15.6. The first-order valence-electron chi connectivity index (χ1n) is 8.61. The van der Waals surface area contributed by atoms with Gasteiger partial charge in [0, 0.05) is 38.8 Å². The molecule has 0 aliphatic carbocycles. The van der Waals surface area contributed by atoms with Crippen LogP contribution in [0.2, 0.25) is 0 Å². The molecule has 0 atom stereocenters. The van der Waals surface area contributed by atoms with Gasteiger partial charge in [0.15, 0.2) is 5.82 Å². The summed E-state index contributed by atoms with van der Waals surface area (Å²) in [7, 11) is 1.57. The van der Waals surface area contributed by atoms with Gasteiger partial charge in [-0.15, -0.1) is 0 Å². The monoisotopic (exact) mass is 355 g/mol. The van der Waals surface area contributed by atoms with Crippen LogP contribution in [0.15, 0.2) is 4.52 Å². The first kappa shape index (κ1) is 19.6. The van der Waals surface area contributed by atoms with Crippen LogP contribution < -0.4 is 5.32 Å². The van der Waals surface area contributed by atoms with Crippen LogP contribution in [-0.4, -0.2) is 78.0 Å². The van der Waals surface area contributed by atoms with Gasteiger partial charge in [-0.3, -0.25) is 4.90 Å². The highest BCUT2D eigenvalue weighted by molar-refractivity contribution is 5.74. The summed E-state index contributed by atoms with van der Waals surface area (Å²) >= 11 is 0. The number of hydrogen-bond acceptors (Lipinski definition) is 7. The van der Waals surface area contributed by atoms with Gasteiger partial charge in [-0.1, -0.05) is 5.16 Å². The van der Waals surface area contributed by atoms with E-state index in [0.717, 1.165) is 32.8 Å². The van der Waals surface area contributed by atoms with E-state index < -0.39 is 0 Å². The third-order valence-corrected chi connectivity index (χ3v) is 3.95. The number of ether oxygens (including phenoxy) is 2. The number of carbonyl (C=O) groups is 1. The van der Waals surface area contributed by atoms with E-state index in [-0.39, 0.29) is 24.7 Å². The number of carbonyl (C=O) groups excluding carboxylic acids is 1. The van der Waals surface area contributed by atoms with Crippen LogP contribution in [0.1, 0.15) is 32.5 Å². The maximum Gasteiger partial charge on any atom is 0.318 e. The molecular formula is C16H29N5O4. The van der Waals surface area contributed by atoms with E-state index in [9.17, 15) is 4.79 Å². The van der Waals surface area contributed by atoms with Gasteiger partial charge in [0.05, 0.1) is 13.2 Å². The molecule has 2 rings (SSSR count). The zero-order chi connectivity index (χ0) is 18.3. The molecule has 1 aliphatic rings. The first-order valence-corrected chi connectivity index (χ1v) is 8.61. The fourth-order valence-corrected chi connectivity index (χ4v) is 2.76. The average Bonchev–Trinajstić information content (AvgIpc) is 3.00. The van der Waals surface area contributed by atoms with Gasteiger partial charge in [-0.25, -0.2) is 4.79 Å². The summed E-state index contributed by atoms with van der Waals surface area (Å²) in [6.45, 7) is 11.1. The molecule has 1 fully saturated rings. The topological polar surface area (TPSA) is 93.0 Å². The molecule has 1 N–H and O–H groups in total. The van der Waals surface area contributed by atoms with E-state index >= 15 is 0 Å². The molecule has 142 valence electrons. The van der Waals surface area contributed by atoms with Crippen molar-refractivity contribution in [1.82, 2.24) is 25.3 Å². The van der Waals surface area contributed by atoms with Crippen LogP contribution in [-0.2, 0) is 22.6 Å². The lowest BCUT2D eigenvalue weighted by Crippen LogP contribution is -2.56. The Balaban J connectivity index is 1.88. The SMILES string of the molecule is CCN(Cc1nc(COC)no1)C(=O)NC(C)(C)CN1CCOCC1. The van der Waals surface area contributed by atoms with E-state index in [1.54, 1.807) is 12.0 Å². The van der Waals surface area contributed by atoms with E-state index in [0.29, 0.717) is 18.3 Å². The van der Waals surface area contributed by atoms with Gasteiger partial charge >= 0.3 is 6.03 Å². The number of nitrogens with one attached hydrogen (secondary N) is 1. The van der Waals surface area contributed by atoms with Crippen molar-refractivity contribution in [2.45, 2.75) is 39.5 Å². The number of aromatic nitrogens is 2. The molecule has 1 aromatic rings. The number of urea groups is 1. The largest absolute Gasteiger partial charge is 0.379 e. The Morgan fingerprint density at radius 1 is 1.40 bits per heavy atom. The minimum absolute atomic E-state index is 0.146. The van der Waals surface area contributed by atoms with Crippen molar-refractivity contribution >= 4 is 6.03 Å². The van der Waals surface area contributed by atoms with Crippen molar-refractivity contribution in [1.29, 1.82) is 0 Å². The average molecular weight is 355 g/mol. The minimum Gasteiger partial charge on any atom is -0.379 e. The van der Waals surface area contributed by atoms with Crippen LogP contribution in [0.3, 0.4) is 0 Å². The normalized spacial score (nSPS) is 16.0. The lowest BCUT2D eigenvalue weighted by molar-refractivity contribution is 0.0275. The molecule has 9 heteroatoms. The Bertz CT molecular complexity index is 542. The summed E-state index contributed by atoms with van der Waals surface area (Å²) in [4.78, 5) is 20.8. The van der Waals surface area contributed by atoms with E-state index in [4.69, 9.17) is 14.0 Å². The van der Waals surface area contributed by atoms with Crippen LogP contribution in [0.5, 0.6) is 0 Å². The van der Waals surface area contributed by atoms with Gasteiger partial charge < -0.3 is 24.2 Å². The third-order valence-electron chi connectivity index (χ3n) is 3.95. The van der Waals surface area contributed by atoms with Crippen molar-refractivity contribution < 1.29 is 18.8 Å². The van der Waals surface area contributed by atoms with E-state index in [2.05, 4.69) is 20.4 Å². The number of rotatable bonds is 8. The van der Waals surface area contributed by atoms with Crippen LogP contribution in [0, 0.1) is 0 Å². The molecule has 0 bridgehead atoms. The Labute approximate surface area is 148 Å². The summed E-state index contributed by atoms with van der Waals surface area (Å²) in [5.74, 6) is 0.872. The quantitative estimate of drug-likeness (QED) is 0.739. The smallest absolute Gasteiger partial charge is 0.318 e. The summed E-state index contributed by atoms with van der Waals surface area (Å²) in [6.07, 6.45) is 0. The molecule has 1 saturated heterocycles. The standard InChI is InChI=1S/C16H29N5O4/c1-5-21(10-14-17-13(11-23-4)19-25-14)15(22)18-16(2,3)12-20-6-8-24-9-7-20/h5-12H2,1-4H3,(H,18,22). The molecule has 2 amide bonds. The molecule has 0 unspecified atom stereocenters. The molecule has 0 aromatic carbocycles. The second-order valence-electron chi connectivity index (χ2n) is 6.75. The van der Waals surface area contributed by atoms with Crippen LogP contribution in [0.25, 0.3) is 0 Å². The predicted molar refractivity (Wildman–Crippen MR) is 91.0 cm³/mol.